The number of aromatic nitrogens is 1. The lowest BCUT2D eigenvalue weighted by atomic mass is 10.2. The van der Waals surface area contributed by atoms with Gasteiger partial charge in [-0.25, -0.2) is 0 Å². The molecule has 0 amide bonds. The highest BCUT2D eigenvalue weighted by atomic mass is 16.5. The van der Waals surface area contributed by atoms with E-state index >= 15 is 0 Å². The van der Waals surface area contributed by atoms with Gasteiger partial charge < -0.3 is 9.47 Å². The smallest absolute Gasteiger partial charge is 0.317 e. The van der Waals surface area contributed by atoms with Gasteiger partial charge in [-0.3, -0.25) is 9.78 Å². The maximum absolute atomic E-state index is 11.0. The molecule has 1 aromatic heterocycles. The Labute approximate surface area is 94.6 Å². The molecule has 4 nitrogen and oxygen atoms in total. The molecule has 0 saturated carbocycles. The van der Waals surface area contributed by atoms with E-state index in [4.69, 9.17) is 9.47 Å². The van der Waals surface area contributed by atoms with E-state index in [1.807, 2.05) is 0 Å². The summed E-state index contributed by atoms with van der Waals surface area (Å²) in [5.74, 6) is 5.85. The van der Waals surface area contributed by atoms with Gasteiger partial charge in [0.1, 0.15) is 12.2 Å². The molecule has 0 spiro atoms. The van der Waals surface area contributed by atoms with Gasteiger partial charge >= 0.3 is 5.97 Å². The molecule has 0 aromatic carbocycles. The Hall–Kier alpha value is -2.02. The van der Waals surface area contributed by atoms with Crippen molar-refractivity contribution in [3.63, 3.8) is 0 Å². The molecule has 1 aromatic rings. The van der Waals surface area contributed by atoms with Crippen molar-refractivity contribution in [2.45, 2.75) is 13.3 Å². The fraction of sp³-hybridized carbons (Fsp3) is 0.333. The molecule has 0 bridgehead atoms. The number of rotatable bonds is 3. The summed E-state index contributed by atoms with van der Waals surface area (Å²) in [5.41, 5.74) is 0.661. The van der Waals surface area contributed by atoms with Crippen LogP contribution >= 0.6 is 0 Å². The number of hydrogen-bond acceptors (Lipinski definition) is 4. The standard InChI is InChI=1S/C12H13NO3/c1-3-16-12(14)6-4-5-10-9-13-8-7-11(10)15-2/h7-9H,3,6H2,1-2H3. The van der Waals surface area contributed by atoms with Gasteiger partial charge in [0.2, 0.25) is 0 Å². The Morgan fingerprint density at radius 3 is 3.06 bits per heavy atom. The first kappa shape index (κ1) is 12.1. The van der Waals surface area contributed by atoms with Crippen molar-refractivity contribution in [3.05, 3.63) is 24.0 Å². The molecule has 0 aliphatic rings. The second-order valence-corrected chi connectivity index (χ2v) is 2.86. The van der Waals surface area contributed by atoms with Gasteiger partial charge in [0.15, 0.2) is 0 Å². The van der Waals surface area contributed by atoms with Crippen LogP contribution < -0.4 is 4.74 Å². The second-order valence-electron chi connectivity index (χ2n) is 2.86. The Morgan fingerprint density at radius 1 is 1.56 bits per heavy atom. The fourth-order valence-electron chi connectivity index (χ4n) is 1.08. The molecule has 0 radical (unpaired) electrons. The van der Waals surface area contributed by atoms with Crippen molar-refractivity contribution < 1.29 is 14.3 Å². The Morgan fingerprint density at radius 2 is 2.38 bits per heavy atom. The average molecular weight is 219 g/mol. The number of esters is 1. The Kier molecular flexibility index (Phi) is 4.87. The molecule has 1 heterocycles. The van der Waals surface area contributed by atoms with E-state index in [2.05, 4.69) is 16.8 Å². The van der Waals surface area contributed by atoms with Crippen LogP contribution in [-0.4, -0.2) is 24.7 Å². The van der Waals surface area contributed by atoms with Crippen LogP contribution in [0.25, 0.3) is 0 Å². The van der Waals surface area contributed by atoms with Gasteiger partial charge in [-0.1, -0.05) is 11.8 Å². The molecule has 0 atom stereocenters. The number of hydrogen-bond donors (Lipinski definition) is 0. The third-order valence-electron chi connectivity index (χ3n) is 1.76. The molecule has 84 valence electrons. The minimum atomic E-state index is -0.321. The molecule has 0 aliphatic heterocycles. The lowest BCUT2D eigenvalue weighted by molar-refractivity contribution is -0.141. The predicted octanol–water partition coefficient (Wildman–Crippen LogP) is 1.39. The summed E-state index contributed by atoms with van der Waals surface area (Å²) in [7, 11) is 1.56. The van der Waals surface area contributed by atoms with E-state index in [1.54, 1.807) is 32.5 Å². The number of carbonyl (C=O) groups is 1. The van der Waals surface area contributed by atoms with Gasteiger partial charge in [-0.15, -0.1) is 0 Å². The van der Waals surface area contributed by atoms with Gasteiger partial charge in [0.05, 0.1) is 19.3 Å². The zero-order chi connectivity index (χ0) is 11.8. The summed E-state index contributed by atoms with van der Waals surface area (Å²) >= 11 is 0. The summed E-state index contributed by atoms with van der Waals surface area (Å²) in [6.45, 7) is 2.13. The van der Waals surface area contributed by atoms with Crippen LogP contribution in [-0.2, 0) is 9.53 Å². The van der Waals surface area contributed by atoms with Crippen molar-refractivity contribution in [2.24, 2.45) is 0 Å². The third kappa shape index (κ3) is 3.62. The predicted molar refractivity (Wildman–Crippen MR) is 58.9 cm³/mol. The third-order valence-corrected chi connectivity index (χ3v) is 1.76. The van der Waals surface area contributed by atoms with Crippen molar-refractivity contribution in [2.75, 3.05) is 13.7 Å². The van der Waals surface area contributed by atoms with Crippen LogP contribution in [0.2, 0.25) is 0 Å². The highest BCUT2D eigenvalue weighted by molar-refractivity contribution is 5.72. The van der Waals surface area contributed by atoms with Crippen LogP contribution in [0.3, 0.4) is 0 Å². The largest absolute Gasteiger partial charge is 0.495 e. The molecule has 0 unspecified atom stereocenters. The minimum absolute atomic E-state index is 0.0753. The van der Waals surface area contributed by atoms with E-state index in [9.17, 15) is 4.79 Å². The highest BCUT2D eigenvalue weighted by Gasteiger charge is 1.99. The Balaban J connectivity index is 2.66. The van der Waals surface area contributed by atoms with E-state index in [0.717, 1.165) is 0 Å². The zero-order valence-corrected chi connectivity index (χ0v) is 9.32. The number of pyridine rings is 1. The molecule has 16 heavy (non-hydrogen) atoms. The average Bonchev–Trinajstić information content (AvgIpc) is 2.30. The molecule has 0 fully saturated rings. The first-order valence-electron chi connectivity index (χ1n) is 4.90. The molecule has 0 aliphatic carbocycles. The number of ether oxygens (including phenoxy) is 2. The first-order valence-corrected chi connectivity index (χ1v) is 4.90. The normalized spacial score (nSPS) is 8.88. The minimum Gasteiger partial charge on any atom is -0.495 e. The topological polar surface area (TPSA) is 48.4 Å². The summed E-state index contributed by atoms with van der Waals surface area (Å²) in [6, 6.07) is 1.72. The quantitative estimate of drug-likeness (QED) is 0.569. The summed E-state index contributed by atoms with van der Waals surface area (Å²) < 4.78 is 9.84. The molecular weight excluding hydrogens is 206 g/mol. The van der Waals surface area contributed by atoms with Crippen molar-refractivity contribution in [1.29, 1.82) is 0 Å². The van der Waals surface area contributed by atoms with Crippen LogP contribution in [0.1, 0.15) is 18.9 Å². The van der Waals surface area contributed by atoms with E-state index in [0.29, 0.717) is 17.9 Å². The molecular formula is C12H13NO3. The van der Waals surface area contributed by atoms with Crippen LogP contribution in [0.5, 0.6) is 5.75 Å². The monoisotopic (exact) mass is 219 g/mol. The summed E-state index contributed by atoms with van der Waals surface area (Å²) in [5, 5.41) is 0. The van der Waals surface area contributed by atoms with Crippen LogP contribution in [0.4, 0.5) is 0 Å². The van der Waals surface area contributed by atoms with E-state index in [1.165, 1.54) is 0 Å². The summed E-state index contributed by atoms with van der Waals surface area (Å²) in [4.78, 5) is 14.9. The molecule has 0 saturated heterocycles. The number of methoxy groups -OCH3 is 1. The van der Waals surface area contributed by atoms with Crippen molar-refractivity contribution in [3.8, 4) is 17.6 Å². The number of nitrogens with zero attached hydrogens (tertiary/aromatic N) is 1. The second kappa shape index (κ2) is 6.46. The van der Waals surface area contributed by atoms with Gasteiger partial charge in [-0.2, -0.15) is 0 Å². The SMILES string of the molecule is CCOC(=O)CC#Cc1cnccc1OC. The van der Waals surface area contributed by atoms with Gasteiger partial charge in [-0.05, 0) is 13.0 Å². The maximum Gasteiger partial charge on any atom is 0.317 e. The lowest BCUT2D eigenvalue weighted by Gasteiger charge is -2.00. The van der Waals surface area contributed by atoms with Crippen molar-refractivity contribution >= 4 is 5.97 Å². The van der Waals surface area contributed by atoms with E-state index in [-0.39, 0.29) is 12.4 Å². The van der Waals surface area contributed by atoms with Crippen molar-refractivity contribution in [1.82, 2.24) is 4.98 Å². The lowest BCUT2D eigenvalue weighted by Crippen LogP contribution is -2.01. The fourth-order valence-corrected chi connectivity index (χ4v) is 1.08. The Bertz CT molecular complexity index is 418. The number of carbonyl (C=O) groups excluding carboxylic acids is 1. The first-order chi connectivity index (χ1) is 7.77. The zero-order valence-electron chi connectivity index (χ0n) is 9.32. The van der Waals surface area contributed by atoms with Crippen LogP contribution in [0, 0.1) is 11.8 Å². The van der Waals surface area contributed by atoms with Gasteiger partial charge in [0, 0.05) is 12.4 Å². The molecule has 4 heteroatoms. The molecule has 1 rings (SSSR count). The maximum atomic E-state index is 11.0. The molecule has 0 N–H and O–H groups in total. The summed E-state index contributed by atoms with van der Waals surface area (Å²) in [6.07, 6.45) is 3.29. The van der Waals surface area contributed by atoms with Crippen LogP contribution in [0.15, 0.2) is 18.5 Å². The van der Waals surface area contributed by atoms with E-state index < -0.39 is 0 Å². The van der Waals surface area contributed by atoms with Gasteiger partial charge in [0.25, 0.3) is 0 Å². The highest BCUT2D eigenvalue weighted by Crippen LogP contribution is 2.13.